The average molecular weight is 323 g/mol. The van der Waals surface area contributed by atoms with Crippen molar-refractivity contribution >= 4 is 17.6 Å². The Kier molecular flexibility index (Phi) is 4.11. The first kappa shape index (κ1) is 15.7. The van der Waals surface area contributed by atoms with E-state index in [9.17, 15) is 9.90 Å². The van der Waals surface area contributed by atoms with Crippen LogP contribution in [0.15, 0.2) is 0 Å². The smallest absolute Gasteiger partial charge is 0.314 e. The van der Waals surface area contributed by atoms with Gasteiger partial charge in [-0.2, -0.15) is 0 Å². The number of hydrogen-bond acceptors (Lipinski definition) is 2. The van der Waals surface area contributed by atoms with Gasteiger partial charge in [0.2, 0.25) is 0 Å². The van der Waals surface area contributed by atoms with Crippen LogP contribution in [0.25, 0.3) is 0 Å². The fourth-order valence-corrected chi connectivity index (χ4v) is 4.83. The van der Waals surface area contributed by atoms with Crippen LogP contribution in [0.5, 0.6) is 5.75 Å². The van der Waals surface area contributed by atoms with E-state index in [-0.39, 0.29) is 0 Å². The van der Waals surface area contributed by atoms with Crippen molar-refractivity contribution in [2.45, 2.75) is 63.7 Å². The molecule has 2 aliphatic carbocycles. The zero-order valence-electron chi connectivity index (χ0n) is 13.3. The Balaban J connectivity index is 2.31. The summed E-state index contributed by atoms with van der Waals surface area (Å²) in [5.41, 5.74) is 3.54. The molecule has 0 bridgehead atoms. The molecular weight excluding hydrogens is 300 g/mol. The molecule has 1 aromatic rings. The molecule has 1 saturated carbocycles. The minimum Gasteiger partial charge on any atom is -0.495 e. The number of rotatable bonds is 3. The maximum atomic E-state index is 12.1. The van der Waals surface area contributed by atoms with Crippen LogP contribution >= 0.6 is 11.6 Å². The highest BCUT2D eigenvalue weighted by Gasteiger charge is 2.47. The van der Waals surface area contributed by atoms with Crippen LogP contribution in [0.3, 0.4) is 0 Å². The van der Waals surface area contributed by atoms with E-state index in [1.165, 1.54) is 11.1 Å². The number of carboxylic acid groups (broad SMARTS) is 1. The molecular formula is C18H23ClO3. The molecule has 120 valence electrons. The maximum Gasteiger partial charge on any atom is 0.314 e. The molecule has 0 heterocycles. The minimum atomic E-state index is -0.828. The quantitative estimate of drug-likeness (QED) is 0.895. The average Bonchev–Trinajstić information content (AvgIpc) is 3.01. The first-order chi connectivity index (χ1) is 10.5. The van der Waals surface area contributed by atoms with Crippen molar-refractivity contribution in [3.63, 3.8) is 0 Å². The SMILES string of the molecule is COc1c(Cl)c2c(c(C)c1C1(C(=O)O)CCCC1)CCCC2. The Morgan fingerprint density at radius 1 is 1.14 bits per heavy atom. The van der Waals surface area contributed by atoms with Crippen molar-refractivity contribution in [1.82, 2.24) is 0 Å². The third kappa shape index (κ3) is 2.13. The largest absolute Gasteiger partial charge is 0.495 e. The van der Waals surface area contributed by atoms with Crippen LogP contribution in [0.1, 0.15) is 60.8 Å². The van der Waals surface area contributed by atoms with Crippen LogP contribution in [-0.4, -0.2) is 18.2 Å². The lowest BCUT2D eigenvalue weighted by Gasteiger charge is -2.32. The first-order valence-electron chi connectivity index (χ1n) is 8.14. The van der Waals surface area contributed by atoms with Crippen molar-refractivity contribution in [3.8, 4) is 5.75 Å². The number of hydrogen-bond donors (Lipinski definition) is 1. The number of fused-ring (bicyclic) bond motifs is 1. The summed E-state index contributed by atoms with van der Waals surface area (Å²) in [6.45, 7) is 2.06. The minimum absolute atomic E-state index is 0.601. The summed E-state index contributed by atoms with van der Waals surface area (Å²) in [5, 5.41) is 10.6. The fraction of sp³-hybridized carbons (Fsp3) is 0.611. The van der Waals surface area contributed by atoms with Crippen molar-refractivity contribution < 1.29 is 14.6 Å². The molecule has 0 aliphatic heterocycles. The summed E-state index contributed by atoms with van der Waals surface area (Å²) in [7, 11) is 1.60. The molecule has 0 saturated heterocycles. The van der Waals surface area contributed by atoms with Gasteiger partial charge >= 0.3 is 5.97 Å². The molecule has 4 heteroatoms. The van der Waals surface area contributed by atoms with Gasteiger partial charge in [0.15, 0.2) is 0 Å². The Hall–Kier alpha value is -1.22. The molecule has 2 aliphatic rings. The van der Waals surface area contributed by atoms with E-state index >= 15 is 0 Å². The Morgan fingerprint density at radius 3 is 2.27 bits per heavy atom. The van der Waals surface area contributed by atoms with Gasteiger partial charge in [-0.05, 0) is 62.1 Å². The number of methoxy groups -OCH3 is 1. The molecule has 1 fully saturated rings. The zero-order valence-corrected chi connectivity index (χ0v) is 14.1. The van der Waals surface area contributed by atoms with Gasteiger partial charge < -0.3 is 9.84 Å². The van der Waals surface area contributed by atoms with Crippen LogP contribution in [0.2, 0.25) is 5.02 Å². The van der Waals surface area contributed by atoms with Gasteiger partial charge in [-0.3, -0.25) is 4.79 Å². The molecule has 0 radical (unpaired) electrons. The third-order valence-electron chi connectivity index (χ3n) is 5.54. The van der Waals surface area contributed by atoms with E-state index in [0.717, 1.165) is 49.7 Å². The number of carbonyl (C=O) groups is 1. The molecule has 0 spiro atoms. The molecule has 22 heavy (non-hydrogen) atoms. The molecule has 0 aromatic heterocycles. The van der Waals surface area contributed by atoms with Gasteiger partial charge in [-0.25, -0.2) is 0 Å². The second kappa shape index (κ2) is 5.77. The number of aliphatic carboxylic acids is 1. The summed E-state index contributed by atoms with van der Waals surface area (Å²) in [6.07, 6.45) is 7.49. The summed E-state index contributed by atoms with van der Waals surface area (Å²) in [6, 6.07) is 0. The molecule has 0 amide bonds. The number of halogens is 1. The molecule has 1 N–H and O–H groups in total. The standard InChI is InChI=1S/C18H23ClO3/c1-11-12-7-3-4-8-13(12)15(19)16(22-2)14(11)18(17(20)21)9-5-6-10-18/h3-10H2,1-2H3,(H,20,21). The lowest BCUT2D eigenvalue weighted by molar-refractivity contribution is -0.143. The van der Waals surface area contributed by atoms with Crippen LogP contribution < -0.4 is 4.74 Å². The molecule has 0 unspecified atom stereocenters. The van der Waals surface area contributed by atoms with Crippen molar-refractivity contribution in [2.24, 2.45) is 0 Å². The topological polar surface area (TPSA) is 46.5 Å². The zero-order chi connectivity index (χ0) is 15.9. The predicted octanol–water partition coefficient (Wildman–Crippen LogP) is 4.43. The highest BCUT2D eigenvalue weighted by molar-refractivity contribution is 6.33. The van der Waals surface area contributed by atoms with Gasteiger partial charge in [0, 0.05) is 5.56 Å². The second-order valence-corrected chi connectivity index (χ2v) is 6.98. The van der Waals surface area contributed by atoms with E-state index in [2.05, 4.69) is 6.92 Å². The third-order valence-corrected chi connectivity index (χ3v) is 5.94. The van der Waals surface area contributed by atoms with Crippen molar-refractivity contribution in [3.05, 3.63) is 27.3 Å². The van der Waals surface area contributed by atoms with E-state index in [1.807, 2.05) is 0 Å². The number of ether oxygens (including phenoxy) is 1. The van der Waals surface area contributed by atoms with Gasteiger partial charge in [0.25, 0.3) is 0 Å². The monoisotopic (exact) mass is 322 g/mol. The molecule has 3 nitrogen and oxygen atoms in total. The highest BCUT2D eigenvalue weighted by Crippen LogP contribution is 2.51. The van der Waals surface area contributed by atoms with Gasteiger partial charge in [-0.15, -0.1) is 0 Å². The Labute approximate surface area is 136 Å². The van der Waals surface area contributed by atoms with Crippen LogP contribution in [-0.2, 0) is 23.1 Å². The van der Waals surface area contributed by atoms with E-state index in [1.54, 1.807) is 7.11 Å². The number of benzene rings is 1. The lowest BCUT2D eigenvalue weighted by atomic mass is 9.73. The maximum absolute atomic E-state index is 12.1. The molecule has 1 aromatic carbocycles. The summed E-state index contributed by atoms with van der Waals surface area (Å²) < 4.78 is 5.62. The van der Waals surface area contributed by atoms with E-state index in [0.29, 0.717) is 23.6 Å². The second-order valence-electron chi connectivity index (χ2n) is 6.61. The first-order valence-corrected chi connectivity index (χ1v) is 8.52. The van der Waals surface area contributed by atoms with E-state index < -0.39 is 11.4 Å². The van der Waals surface area contributed by atoms with Gasteiger partial charge in [0.05, 0.1) is 17.5 Å². The van der Waals surface area contributed by atoms with Gasteiger partial charge in [0.1, 0.15) is 5.75 Å². The van der Waals surface area contributed by atoms with Crippen molar-refractivity contribution in [1.29, 1.82) is 0 Å². The summed E-state index contributed by atoms with van der Waals surface area (Å²) in [5.74, 6) is -0.137. The normalized spacial score (nSPS) is 19.8. The van der Waals surface area contributed by atoms with Crippen LogP contribution in [0.4, 0.5) is 0 Å². The predicted molar refractivity (Wildman–Crippen MR) is 87.2 cm³/mol. The lowest BCUT2D eigenvalue weighted by Crippen LogP contribution is -2.34. The Morgan fingerprint density at radius 2 is 1.73 bits per heavy atom. The summed E-state index contributed by atoms with van der Waals surface area (Å²) >= 11 is 6.63. The number of carboxylic acids is 1. The fourth-order valence-electron chi connectivity index (χ4n) is 4.45. The van der Waals surface area contributed by atoms with E-state index in [4.69, 9.17) is 16.3 Å². The summed E-state index contributed by atoms with van der Waals surface area (Å²) in [4.78, 5) is 12.1. The molecule has 3 rings (SSSR count). The van der Waals surface area contributed by atoms with Crippen molar-refractivity contribution in [2.75, 3.05) is 7.11 Å². The highest BCUT2D eigenvalue weighted by atomic mass is 35.5. The molecule has 0 atom stereocenters. The van der Waals surface area contributed by atoms with Crippen LogP contribution in [0, 0.1) is 6.92 Å². The Bertz CT molecular complexity index is 615. The van der Waals surface area contributed by atoms with Gasteiger partial charge in [-0.1, -0.05) is 24.4 Å².